The second-order valence-electron chi connectivity index (χ2n) is 1.01. The van der Waals surface area contributed by atoms with Crippen LogP contribution in [0.5, 0.6) is 0 Å². The van der Waals surface area contributed by atoms with Crippen LogP contribution in [0.2, 0.25) is 0 Å². The minimum atomic E-state index is -0.126. The van der Waals surface area contributed by atoms with Crippen molar-refractivity contribution in [1.29, 1.82) is 0 Å². The predicted octanol–water partition coefficient (Wildman–Crippen LogP) is 0.396. The fraction of sp³-hybridized carbons (Fsp3) is 0.750. The average molecular weight is 87.1 g/mol. The van der Waals surface area contributed by atoms with Crippen LogP contribution in [0.15, 0.2) is 0 Å². The van der Waals surface area contributed by atoms with Crippen molar-refractivity contribution in [3.63, 3.8) is 0 Å². The van der Waals surface area contributed by atoms with Crippen LogP contribution in [0.3, 0.4) is 0 Å². The fourth-order valence-electron chi connectivity index (χ4n) is 0.167. The van der Waals surface area contributed by atoms with E-state index in [1.165, 1.54) is 0 Å². The number of hydrogen-bond donors (Lipinski definition) is 0. The summed E-state index contributed by atoms with van der Waals surface area (Å²) in [7, 11) is 0. The molecule has 0 N–H and O–H groups in total. The smallest absolute Gasteiger partial charge is 0.120 e. The van der Waals surface area contributed by atoms with Crippen LogP contribution in [0.25, 0.3) is 0 Å². The molecule has 0 spiro atoms. The standard InChI is InChI=1S/C4H7O2/c5-3-1-2-4-6/h3H,1-2,4H2. The molecule has 0 aliphatic rings. The molecule has 0 aromatic rings. The maximum absolute atomic E-state index is 9.53. The molecule has 0 aliphatic carbocycles. The summed E-state index contributed by atoms with van der Waals surface area (Å²) in [6.45, 7) is -0.126. The Morgan fingerprint density at radius 3 is 2.33 bits per heavy atom. The number of hydrogen-bond acceptors (Lipinski definition) is 1. The molecule has 6 heavy (non-hydrogen) atoms. The van der Waals surface area contributed by atoms with Gasteiger partial charge in [-0.3, -0.25) is 0 Å². The Labute approximate surface area is 36.8 Å². The molecule has 1 radical (unpaired) electrons. The molecule has 0 saturated carbocycles. The fourth-order valence-corrected chi connectivity index (χ4v) is 0.167. The normalized spacial score (nSPS) is 8.17. The topological polar surface area (TPSA) is 37.0 Å². The van der Waals surface area contributed by atoms with Gasteiger partial charge in [0.15, 0.2) is 0 Å². The first kappa shape index (κ1) is 5.63. The summed E-state index contributed by atoms with van der Waals surface area (Å²) in [5.74, 6) is 0. The van der Waals surface area contributed by atoms with Gasteiger partial charge in [-0.1, -0.05) is 0 Å². The number of carbonyl (C=O) groups is 1. The molecule has 35 valence electrons. The predicted molar refractivity (Wildman–Crippen MR) is 20.9 cm³/mol. The summed E-state index contributed by atoms with van der Waals surface area (Å²) in [6, 6.07) is 0. The van der Waals surface area contributed by atoms with E-state index in [1.807, 2.05) is 0 Å². The molecule has 0 fully saturated rings. The van der Waals surface area contributed by atoms with Crippen molar-refractivity contribution in [3.8, 4) is 0 Å². The monoisotopic (exact) mass is 87.0 g/mol. The van der Waals surface area contributed by atoms with E-state index in [4.69, 9.17) is 0 Å². The first-order valence-corrected chi connectivity index (χ1v) is 1.93. The molecule has 0 aromatic heterocycles. The number of unbranched alkanes of at least 4 members (excludes halogenated alkanes) is 1. The van der Waals surface area contributed by atoms with Crippen molar-refractivity contribution in [1.82, 2.24) is 0 Å². The van der Waals surface area contributed by atoms with Gasteiger partial charge in [0.2, 0.25) is 0 Å². The Bertz CT molecular complexity index is 34.5. The molecule has 0 saturated heterocycles. The van der Waals surface area contributed by atoms with Gasteiger partial charge in [0.25, 0.3) is 0 Å². The maximum Gasteiger partial charge on any atom is 0.120 e. The molecule has 0 unspecified atom stereocenters. The van der Waals surface area contributed by atoms with Crippen LogP contribution < -0.4 is 0 Å². The second-order valence-corrected chi connectivity index (χ2v) is 1.01. The highest BCUT2D eigenvalue weighted by atomic mass is 16.3. The first-order valence-electron chi connectivity index (χ1n) is 1.93. The molecule has 2 heteroatoms. The van der Waals surface area contributed by atoms with E-state index in [1.54, 1.807) is 0 Å². The van der Waals surface area contributed by atoms with Crippen molar-refractivity contribution in [2.24, 2.45) is 0 Å². The van der Waals surface area contributed by atoms with Gasteiger partial charge in [-0.25, -0.2) is 5.11 Å². The van der Waals surface area contributed by atoms with Crippen molar-refractivity contribution in [3.05, 3.63) is 0 Å². The average Bonchev–Trinajstić information content (AvgIpc) is 1.61. The van der Waals surface area contributed by atoms with Gasteiger partial charge in [0.05, 0.1) is 6.61 Å². The van der Waals surface area contributed by atoms with Gasteiger partial charge < -0.3 is 4.79 Å². The summed E-state index contributed by atoms with van der Waals surface area (Å²) in [5.41, 5.74) is 0. The van der Waals surface area contributed by atoms with Gasteiger partial charge in [-0.15, -0.1) is 0 Å². The maximum atomic E-state index is 9.53. The lowest BCUT2D eigenvalue weighted by Gasteiger charge is -1.76. The van der Waals surface area contributed by atoms with Gasteiger partial charge in [-0.05, 0) is 6.42 Å². The zero-order chi connectivity index (χ0) is 4.83. The number of rotatable bonds is 3. The molecule has 0 heterocycles. The zero-order valence-electron chi connectivity index (χ0n) is 3.52. The molecule has 2 nitrogen and oxygen atoms in total. The van der Waals surface area contributed by atoms with E-state index in [2.05, 4.69) is 0 Å². The van der Waals surface area contributed by atoms with Crippen molar-refractivity contribution in [2.75, 3.05) is 6.61 Å². The lowest BCUT2D eigenvalue weighted by Crippen LogP contribution is -1.78. The van der Waals surface area contributed by atoms with Gasteiger partial charge in [0, 0.05) is 6.42 Å². The summed E-state index contributed by atoms with van der Waals surface area (Å²) in [5, 5.41) is 9.53. The third kappa shape index (κ3) is 3.63. The van der Waals surface area contributed by atoms with Crippen LogP contribution in [-0.4, -0.2) is 12.9 Å². The van der Waals surface area contributed by atoms with Gasteiger partial charge in [-0.2, -0.15) is 0 Å². The van der Waals surface area contributed by atoms with E-state index in [0.717, 1.165) is 6.29 Å². The van der Waals surface area contributed by atoms with E-state index in [9.17, 15) is 9.90 Å². The Kier molecular flexibility index (Phi) is 4.34. The second kappa shape index (κ2) is 4.63. The Balaban J connectivity index is 2.49. The van der Waals surface area contributed by atoms with Gasteiger partial charge in [0.1, 0.15) is 6.29 Å². The van der Waals surface area contributed by atoms with Crippen LogP contribution in [0, 0.1) is 0 Å². The van der Waals surface area contributed by atoms with Crippen LogP contribution in [0.4, 0.5) is 0 Å². The van der Waals surface area contributed by atoms with Crippen molar-refractivity contribution < 1.29 is 9.90 Å². The Morgan fingerprint density at radius 2 is 2.17 bits per heavy atom. The molecule has 0 amide bonds. The minimum absolute atomic E-state index is 0.126. The van der Waals surface area contributed by atoms with E-state index < -0.39 is 0 Å². The lowest BCUT2D eigenvalue weighted by molar-refractivity contribution is -0.108. The minimum Gasteiger partial charge on any atom is -0.303 e. The van der Waals surface area contributed by atoms with E-state index in [-0.39, 0.29) is 6.61 Å². The largest absolute Gasteiger partial charge is 0.303 e. The Hall–Kier alpha value is -0.370. The third-order valence-electron chi connectivity index (χ3n) is 0.466. The molecule has 0 aliphatic heterocycles. The zero-order valence-corrected chi connectivity index (χ0v) is 3.52. The van der Waals surface area contributed by atoms with Crippen LogP contribution in [0.1, 0.15) is 12.8 Å². The number of carbonyl (C=O) groups excluding carboxylic acids is 1. The number of aldehydes is 1. The molecule has 0 atom stereocenters. The van der Waals surface area contributed by atoms with E-state index in [0.29, 0.717) is 12.8 Å². The van der Waals surface area contributed by atoms with Crippen LogP contribution in [-0.2, 0) is 9.90 Å². The highest BCUT2D eigenvalue weighted by Crippen LogP contribution is 1.77. The summed E-state index contributed by atoms with van der Waals surface area (Å²) >= 11 is 0. The lowest BCUT2D eigenvalue weighted by atomic mass is 10.4. The Morgan fingerprint density at radius 1 is 1.50 bits per heavy atom. The van der Waals surface area contributed by atoms with Crippen molar-refractivity contribution >= 4 is 6.29 Å². The molecular weight excluding hydrogens is 80.0 g/mol. The molecular formula is C4H7O2. The van der Waals surface area contributed by atoms with Gasteiger partial charge >= 0.3 is 0 Å². The highest BCUT2D eigenvalue weighted by molar-refractivity contribution is 5.48. The molecule has 0 bridgehead atoms. The summed E-state index contributed by atoms with van der Waals surface area (Å²) in [6.07, 6.45) is 1.67. The van der Waals surface area contributed by atoms with Crippen molar-refractivity contribution in [2.45, 2.75) is 12.8 Å². The summed E-state index contributed by atoms with van der Waals surface area (Å²) < 4.78 is 0. The molecule has 0 aromatic carbocycles. The molecule has 0 rings (SSSR count). The summed E-state index contributed by atoms with van der Waals surface area (Å²) in [4.78, 5) is 9.42. The highest BCUT2D eigenvalue weighted by Gasteiger charge is 1.77. The van der Waals surface area contributed by atoms with E-state index >= 15 is 0 Å². The quantitative estimate of drug-likeness (QED) is 0.362. The third-order valence-corrected chi connectivity index (χ3v) is 0.466. The SMILES string of the molecule is [O]CCCC=O. The first-order chi connectivity index (χ1) is 2.91. The van der Waals surface area contributed by atoms with Crippen LogP contribution >= 0.6 is 0 Å².